The molecule has 1 saturated heterocycles. The molecule has 2 aromatic rings. The largest absolute Gasteiger partial charge is 0.352 e. The molecule has 0 aromatic carbocycles. The smallest absolute Gasteiger partial charge is 0.170 e. The van der Waals surface area contributed by atoms with Crippen LogP contribution in [0.5, 0.6) is 0 Å². The Hall–Kier alpha value is -1.17. The van der Waals surface area contributed by atoms with Crippen LogP contribution in [0.1, 0.15) is 54.8 Å². The van der Waals surface area contributed by atoms with Crippen molar-refractivity contribution >= 4 is 40.3 Å². The molecule has 24 heavy (non-hydrogen) atoms. The molecular weight excluding hydrogens is 358 g/mol. The van der Waals surface area contributed by atoms with Gasteiger partial charge in [0, 0.05) is 17.1 Å². The van der Waals surface area contributed by atoms with Crippen LogP contribution in [0.4, 0.5) is 0 Å². The molecule has 0 unspecified atom stereocenters. The molecule has 3 heterocycles. The zero-order valence-corrected chi connectivity index (χ0v) is 15.7. The summed E-state index contributed by atoms with van der Waals surface area (Å²) < 4.78 is 0.825. The lowest BCUT2D eigenvalue weighted by molar-refractivity contribution is 0.199. The Bertz CT molecular complexity index is 712. The summed E-state index contributed by atoms with van der Waals surface area (Å²) in [4.78, 5) is 8.26. The molecule has 0 bridgehead atoms. The van der Waals surface area contributed by atoms with Gasteiger partial charge >= 0.3 is 0 Å². The molecule has 0 spiro atoms. The Labute approximate surface area is 157 Å². The van der Waals surface area contributed by atoms with E-state index < -0.39 is 0 Å². The number of rotatable bonds is 3. The minimum atomic E-state index is 0.0790. The van der Waals surface area contributed by atoms with Crippen LogP contribution < -0.4 is 5.32 Å². The summed E-state index contributed by atoms with van der Waals surface area (Å²) in [6, 6.07) is 11.0. The maximum absolute atomic E-state index is 6.23. The van der Waals surface area contributed by atoms with Crippen LogP contribution in [0, 0.1) is 0 Å². The highest BCUT2D eigenvalue weighted by molar-refractivity contribution is 7.80. The van der Waals surface area contributed by atoms with Crippen LogP contribution in [0.25, 0.3) is 0 Å². The number of thiophene rings is 1. The first-order valence-electron chi connectivity index (χ1n) is 8.49. The molecule has 1 aliphatic heterocycles. The molecule has 0 amide bonds. The van der Waals surface area contributed by atoms with Crippen molar-refractivity contribution in [2.75, 3.05) is 0 Å². The van der Waals surface area contributed by atoms with Crippen LogP contribution in [-0.4, -0.2) is 21.0 Å². The van der Waals surface area contributed by atoms with Crippen LogP contribution in [0.3, 0.4) is 0 Å². The number of thiocarbonyl (C=S) groups is 1. The first kappa shape index (κ1) is 16.3. The molecule has 2 atom stereocenters. The average molecular weight is 378 g/mol. The summed E-state index contributed by atoms with van der Waals surface area (Å²) in [5, 5.41) is 4.39. The second-order valence-electron chi connectivity index (χ2n) is 6.47. The minimum absolute atomic E-state index is 0.0790. The van der Waals surface area contributed by atoms with Crippen LogP contribution in [-0.2, 0) is 0 Å². The van der Waals surface area contributed by atoms with Gasteiger partial charge in [-0.15, -0.1) is 11.3 Å². The zero-order valence-electron chi connectivity index (χ0n) is 13.3. The Morgan fingerprint density at radius 2 is 2.00 bits per heavy atom. The van der Waals surface area contributed by atoms with Gasteiger partial charge in [-0.1, -0.05) is 36.9 Å². The fraction of sp³-hybridized carbons (Fsp3) is 0.444. The van der Waals surface area contributed by atoms with Gasteiger partial charge in [0.15, 0.2) is 5.11 Å². The quantitative estimate of drug-likeness (QED) is 0.753. The second kappa shape index (κ2) is 6.98. The Balaban J connectivity index is 1.73. The van der Waals surface area contributed by atoms with Gasteiger partial charge in [-0.25, -0.2) is 0 Å². The van der Waals surface area contributed by atoms with E-state index in [4.69, 9.17) is 23.8 Å². The van der Waals surface area contributed by atoms with Crippen molar-refractivity contribution < 1.29 is 0 Å². The maximum atomic E-state index is 6.23. The molecule has 3 nitrogen and oxygen atoms in total. The molecule has 2 fully saturated rings. The maximum Gasteiger partial charge on any atom is 0.170 e. The zero-order chi connectivity index (χ0) is 16.5. The van der Waals surface area contributed by atoms with Crippen molar-refractivity contribution in [1.29, 1.82) is 0 Å². The van der Waals surface area contributed by atoms with Crippen molar-refractivity contribution in [2.24, 2.45) is 0 Å². The van der Waals surface area contributed by atoms with E-state index in [9.17, 15) is 0 Å². The highest BCUT2D eigenvalue weighted by Crippen LogP contribution is 2.44. The number of nitrogens with zero attached hydrogens (tertiary/aromatic N) is 2. The van der Waals surface area contributed by atoms with E-state index in [1.54, 1.807) is 11.3 Å². The van der Waals surface area contributed by atoms with Crippen LogP contribution >= 0.6 is 35.2 Å². The molecule has 4 rings (SSSR count). The van der Waals surface area contributed by atoms with Gasteiger partial charge in [0.25, 0.3) is 0 Å². The van der Waals surface area contributed by atoms with E-state index in [0.717, 1.165) is 15.1 Å². The van der Waals surface area contributed by atoms with Crippen molar-refractivity contribution in [2.45, 2.75) is 50.2 Å². The van der Waals surface area contributed by atoms with Crippen molar-refractivity contribution in [1.82, 2.24) is 15.2 Å². The normalized spacial score (nSPS) is 25.0. The summed E-state index contributed by atoms with van der Waals surface area (Å²) in [6.07, 6.45) is 8.19. The first-order valence-corrected chi connectivity index (χ1v) is 10.1. The fourth-order valence-electron chi connectivity index (χ4n) is 3.91. The average Bonchev–Trinajstić information content (AvgIpc) is 3.19. The molecule has 2 aliphatic rings. The Morgan fingerprint density at radius 3 is 2.67 bits per heavy atom. The number of aromatic nitrogens is 1. The van der Waals surface area contributed by atoms with Crippen LogP contribution in [0.2, 0.25) is 4.34 Å². The third kappa shape index (κ3) is 3.05. The highest BCUT2D eigenvalue weighted by Gasteiger charge is 2.43. The highest BCUT2D eigenvalue weighted by atomic mass is 35.5. The van der Waals surface area contributed by atoms with Gasteiger partial charge in [0.2, 0.25) is 0 Å². The monoisotopic (exact) mass is 377 g/mol. The van der Waals surface area contributed by atoms with E-state index >= 15 is 0 Å². The molecule has 126 valence electrons. The lowest BCUT2D eigenvalue weighted by Gasteiger charge is -2.36. The third-order valence-electron chi connectivity index (χ3n) is 4.99. The number of pyridine rings is 1. The topological polar surface area (TPSA) is 28.2 Å². The summed E-state index contributed by atoms with van der Waals surface area (Å²) >= 11 is 13.6. The van der Waals surface area contributed by atoms with E-state index in [1.165, 1.54) is 37.0 Å². The summed E-state index contributed by atoms with van der Waals surface area (Å²) in [5.41, 5.74) is 1.03. The summed E-state index contributed by atoms with van der Waals surface area (Å²) in [5.74, 6) is 0. The number of hydrogen-bond donors (Lipinski definition) is 1. The first-order chi connectivity index (χ1) is 11.7. The summed E-state index contributed by atoms with van der Waals surface area (Å²) in [6.45, 7) is 0. The lowest BCUT2D eigenvalue weighted by Crippen LogP contribution is -2.40. The molecule has 1 N–H and O–H groups in total. The van der Waals surface area contributed by atoms with Gasteiger partial charge in [-0.05, 0) is 49.3 Å². The van der Waals surface area contributed by atoms with E-state index in [2.05, 4.69) is 27.3 Å². The molecule has 0 radical (unpaired) electrons. The van der Waals surface area contributed by atoms with Gasteiger partial charge in [0.05, 0.1) is 22.1 Å². The number of nitrogens with one attached hydrogen (secondary N) is 1. The number of hydrogen-bond acceptors (Lipinski definition) is 3. The van der Waals surface area contributed by atoms with Gasteiger partial charge in [0.1, 0.15) is 0 Å². The Kier molecular flexibility index (Phi) is 4.74. The van der Waals surface area contributed by atoms with Crippen LogP contribution in [0.15, 0.2) is 36.5 Å². The number of halogens is 1. The lowest BCUT2D eigenvalue weighted by atomic mass is 9.92. The van der Waals surface area contributed by atoms with Crippen molar-refractivity contribution in [3.8, 4) is 0 Å². The molecule has 6 heteroatoms. The molecular formula is C18H20ClN3S2. The van der Waals surface area contributed by atoms with E-state index in [0.29, 0.717) is 6.04 Å². The molecule has 2 aromatic heterocycles. The van der Waals surface area contributed by atoms with Crippen molar-refractivity contribution in [3.63, 3.8) is 0 Å². The molecule has 1 saturated carbocycles. The predicted molar refractivity (Wildman–Crippen MR) is 103 cm³/mol. The van der Waals surface area contributed by atoms with Gasteiger partial charge < -0.3 is 10.2 Å². The van der Waals surface area contributed by atoms with Gasteiger partial charge in [-0.3, -0.25) is 4.98 Å². The van der Waals surface area contributed by atoms with Gasteiger partial charge in [-0.2, -0.15) is 0 Å². The standard InChI is InChI=1S/C18H20ClN3S2/c19-15-10-9-14(24-15)17-16(13-8-4-5-11-20-13)21-18(23)22(17)12-6-2-1-3-7-12/h4-5,8-12,16-17H,1-3,6-7H2,(H,21,23)/t16-,17-/m1/s1. The van der Waals surface area contributed by atoms with E-state index in [1.807, 2.05) is 24.4 Å². The van der Waals surface area contributed by atoms with E-state index in [-0.39, 0.29) is 12.1 Å². The molecule has 1 aliphatic carbocycles. The van der Waals surface area contributed by atoms with Crippen molar-refractivity contribution in [3.05, 3.63) is 51.4 Å². The summed E-state index contributed by atoms with van der Waals surface area (Å²) in [7, 11) is 0. The Morgan fingerprint density at radius 1 is 1.17 bits per heavy atom. The minimum Gasteiger partial charge on any atom is -0.352 e. The predicted octanol–water partition coefficient (Wildman–Crippen LogP) is 5.10. The fourth-order valence-corrected chi connectivity index (χ4v) is 5.50. The third-order valence-corrected chi connectivity index (χ3v) is 6.62. The second-order valence-corrected chi connectivity index (χ2v) is 8.60. The SMILES string of the molecule is S=C1N[C@H](c2ccccn2)[C@@H](c2ccc(Cl)s2)N1C1CCCCC1.